The lowest BCUT2D eigenvalue weighted by atomic mass is 9.84. The first-order valence-electron chi connectivity index (χ1n) is 18.6. The molecule has 2 atom stereocenters. The van der Waals surface area contributed by atoms with Gasteiger partial charge in [0.1, 0.15) is 11.2 Å². The standard InChI is InChI=1S/C42H57N5O6/c1-27(2)24-34(43)37(48)38(49)44-22-14-9-10-15-23-47-35-26-30(46-40(51)53-42(6,7)8)19-21-32(35)31-20-18-29(45-39(50)52-41(3,4)5)25-33(31)36(47)28-16-12-11-13-17-28/h11-13,16-21,25-27,34,36H,9-10,14-15,22-24,43H2,1-8H3,(H,44,49)(H,45,50)(H,46,51)/t34-,36?/m0/s1. The second kappa shape index (κ2) is 17.7. The Kier molecular flexibility index (Phi) is 13.7. The Balaban J connectivity index is 1.59. The molecule has 0 spiro atoms. The fraction of sp³-hybridized carbons (Fsp3) is 0.476. The number of amides is 3. The summed E-state index contributed by atoms with van der Waals surface area (Å²) < 4.78 is 11.1. The molecule has 5 N–H and O–H groups in total. The third-order valence-corrected chi connectivity index (χ3v) is 8.56. The van der Waals surface area contributed by atoms with Gasteiger partial charge in [-0.05, 0) is 108 Å². The van der Waals surface area contributed by atoms with Crippen LogP contribution in [0.15, 0.2) is 66.7 Å². The number of nitrogens with one attached hydrogen (secondary N) is 3. The largest absolute Gasteiger partial charge is 0.444 e. The Bertz CT molecular complexity index is 1740. The molecule has 0 aromatic heterocycles. The van der Waals surface area contributed by atoms with Gasteiger partial charge in [-0.15, -0.1) is 0 Å². The average molecular weight is 728 g/mol. The summed E-state index contributed by atoms with van der Waals surface area (Å²) >= 11 is 0. The zero-order valence-corrected chi connectivity index (χ0v) is 32.5. The van der Waals surface area contributed by atoms with E-state index in [1.165, 1.54) is 0 Å². The molecule has 1 heterocycles. The fourth-order valence-electron chi connectivity index (χ4n) is 6.41. The molecule has 0 fully saturated rings. The molecule has 3 aromatic carbocycles. The van der Waals surface area contributed by atoms with E-state index in [0.29, 0.717) is 30.9 Å². The van der Waals surface area contributed by atoms with Crippen LogP contribution in [0.2, 0.25) is 0 Å². The van der Waals surface area contributed by atoms with E-state index in [2.05, 4.69) is 33.0 Å². The fourth-order valence-corrected chi connectivity index (χ4v) is 6.41. The van der Waals surface area contributed by atoms with Crippen LogP contribution in [-0.2, 0) is 19.1 Å². The van der Waals surface area contributed by atoms with Crippen molar-refractivity contribution in [3.8, 4) is 11.1 Å². The van der Waals surface area contributed by atoms with Gasteiger partial charge in [-0.2, -0.15) is 0 Å². The van der Waals surface area contributed by atoms with Crippen molar-refractivity contribution >= 4 is 40.9 Å². The number of hydrogen-bond donors (Lipinski definition) is 4. The van der Waals surface area contributed by atoms with Gasteiger partial charge >= 0.3 is 12.2 Å². The lowest BCUT2D eigenvalue weighted by molar-refractivity contribution is -0.138. The SMILES string of the molecule is CC(C)C[C@H](N)C(=O)C(=O)NCCCCCCN1c2cc(NC(=O)OC(C)(C)C)ccc2-c2ccc(NC(=O)OC(C)(C)C)cc2C1c1ccccc1. The van der Waals surface area contributed by atoms with E-state index in [1.54, 1.807) is 0 Å². The number of unbranched alkanes of at least 4 members (excludes halogenated alkanes) is 3. The number of anilines is 3. The van der Waals surface area contributed by atoms with E-state index >= 15 is 0 Å². The van der Waals surface area contributed by atoms with Crippen LogP contribution in [0.3, 0.4) is 0 Å². The van der Waals surface area contributed by atoms with Gasteiger partial charge in [0.05, 0.1) is 12.1 Å². The number of carbonyl (C=O) groups is 4. The molecule has 0 saturated heterocycles. The van der Waals surface area contributed by atoms with Crippen molar-refractivity contribution in [3.05, 3.63) is 77.9 Å². The Morgan fingerprint density at radius 3 is 1.91 bits per heavy atom. The number of Topliss-reactive ketones (excluding diaryl/α,β-unsaturated/α-hetero) is 1. The molecule has 11 nitrogen and oxygen atoms in total. The molecule has 0 saturated carbocycles. The Labute approximate surface area is 314 Å². The summed E-state index contributed by atoms with van der Waals surface area (Å²) in [6, 6.07) is 21.0. The highest BCUT2D eigenvalue weighted by Crippen LogP contribution is 2.49. The van der Waals surface area contributed by atoms with Crippen LogP contribution in [-0.4, -0.2) is 54.2 Å². The zero-order chi connectivity index (χ0) is 38.9. The van der Waals surface area contributed by atoms with Crippen LogP contribution in [0.1, 0.15) is 105 Å². The summed E-state index contributed by atoms with van der Waals surface area (Å²) in [7, 11) is 0. The number of nitrogens with zero attached hydrogens (tertiary/aromatic N) is 1. The molecule has 11 heteroatoms. The average Bonchev–Trinajstić information content (AvgIpc) is 3.05. The zero-order valence-electron chi connectivity index (χ0n) is 32.5. The van der Waals surface area contributed by atoms with Crippen LogP contribution >= 0.6 is 0 Å². The van der Waals surface area contributed by atoms with Gasteiger partial charge < -0.3 is 25.4 Å². The number of rotatable bonds is 14. The van der Waals surface area contributed by atoms with E-state index in [0.717, 1.165) is 53.6 Å². The minimum Gasteiger partial charge on any atom is -0.444 e. The summed E-state index contributed by atoms with van der Waals surface area (Å²) in [6.45, 7) is 16.0. The lowest BCUT2D eigenvalue weighted by Gasteiger charge is -2.41. The number of ether oxygens (including phenoxy) is 2. The maximum absolute atomic E-state index is 12.8. The van der Waals surface area contributed by atoms with Crippen molar-refractivity contribution in [1.82, 2.24) is 5.32 Å². The number of hydrogen-bond acceptors (Lipinski definition) is 8. The third-order valence-electron chi connectivity index (χ3n) is 8.56. The highest BCUT2D eigenvalue weighted by atomic mass is 16.6. The van der Waals surface area contributed by atoms with Crippen LogP contribution < -0.4 is 26.6 Å². The predicted octanol–water partition coefficient (Wildman–Crippen LogP) is 8.58. The van der Waals surface area contributed by atoms with Gasteiger partial charge in [-0.25, -0.2) is 9.59 Å². The Morgan fingerprint density at radius 1 is 0.755 bits per heavy atom. The maximum Gasteiger partial charge on any atom is 0.412 e. The first-order valence-corrected chi connectivity index (χ1v) is 18.6. The molecule has 1 unspecified atom stereocenters. The normalized spacial score (nSPS) is 14.5. The molecule has 286 valence electrons. The van der Waals surface area contributed by atoms with Crippen molar-refractivity contribution < 1.29 is 28.7 Å². The summed E-state index contributed by atoms with van der Waals surface area (Å²) in [6.07, 6.45) is 2.71. The van der Waals surface area contributed by atoms with Crippen LogP contribution in [0, 0.1) is 5.92 Å². The number of fused-ring (bicyclic) bond motifs is 3. The molecule has 0 radical (unpaired) electrons. The minimum atomic E-state index is -0.783. The monoisotopic (exact) mass is 727 g/mol. The third kappa shape index (κ3) is 12.1. The van der Waals surface area contributed by atoms with Crippen molar-refractivity contribution in [1.29, 1.82) is 0 Å². The summed E-state index contributed by atoms with van der Waals surface area (Å²) in [5.41, 5.74) is 10.9. The predicted molar refractivity (Wildman–Crippen MR) is 211 cm³/mol. The molecule has 4 rings (SSSR count). The molecular weight excluding hydrogens is 670 g/mol. The van der Waals surface area contributed by atoms with Crippen LogP contribution in [0.25, 0.3) is 11.1 Å². The van der Waals surface area contributed by atoms with Gasteiger partial charge in [-0.3, -0.25) is 20.2 Å². The van der Waals surface area contributed by atoms with Crippen LogP contribution in [0.4, 0.5) is 26.7 Å². The molecule has 3 aromatic rings. The van der Waals surface area contributed by atoms with Gasteiger partial charge in [0.2, 0.25) is 5.78 Å². The van der Waals surface area contributed by atoms with E-state index in [9.17, 15) is 19.2 Å². The van der Waals surface area contributed by atoms with Crippen molar-refractivity contribution in [2.75, 3.05) is 28.6 Å². The Hall–Kier alpha value is -4.90. The first kappa shape index (κ1) is 40.9. The first-order chi connectivity index (χ1) is 24.9. The van der Waals surface area contributed by atoms with Crippen molar-refractivity contribution in [2.45, 2.75) is 111 Å². The van der Waals surface area contributed by atoms with Gasteiger partial charge in [0, 0.05) is 35.7 Å². The van der Waals surface area contributed by atoms with Gasteiger partial charge in [-0.1, -0.05) is 69.2 Å². The van der Waals surface area contributed by atoms with E-state index in [4.69, 9.17) is 15.2 Å². The second-order valence-electron chi connectivity index (χ2n) is 16.1. The minimum absolute atomic E-state index is 0.212. The summed E-state index contributed by atoms with van der Waals surface area (Å²) in [5, 5.41) is 8.55. The summed E-state index contributed by atoms with van der Waals surface area (Å²) in [5.74, 6) is -0.962. The van der Waals surface area contributed by atoms with Crippen LogP contribution in [0.5, 0.6) is 0 Å². The van der Waals surface area contributed by atoms with Crippen molar-refractivity contribution in [2.24, 2.45) is 11.7 Å². The van der Waals surface area contributed by atoms with Gasteiger partial charge in [0.25, 0.3) is 5.91 Å². The van der Waals surface area contributed by atoms with E-state index in [-0.39, 0.29) is 12.0 Å². The molecule has 3 amide bonds. The topological polar surface area (TPSA) is 152 Å². The highest BCUT2D eigenvalue weighted by molar-refractivity contribution is 6.38. The Morgan fingerprint density at radius 2 is 1.32 bits per heavy atom. The van der Waals surface area contributed by atoms with Gasteiger partial charge in [0.15, 0.2) is 0 Å². The quantitative estimate of drug-likeness (QED) is 0.0952. The lowest BCUT2D eigenvalue weighted by Crippen LogP contribution is -2.43. The molecule has 0 bridgehead atoms. The number of carbonyl (C=O) groups excluding carboxylic acids is 4. The summed E-state index contributed by atoms with van der Waals surface area (Å²) in [4.78, 5) is 52.6. The molecule has 1 aliphatic heterocycles. The van der Waals surface area contributed by atoms with E-state index in [1.807, 2.05) is 110 Å². The molecular formula is C42H57N5O6. The molecule has 0 aliphatic carbocycles. The highest BCUT2D eigenvalue weighted by Gasteiger charge is 2.33. The smallest absolute Gasteiger partial charge is 0.412 e. The second-order valence-corrected chi connectivity index (χ2v) is 16.1. The number of nitrogens with two attached hydrogens (primary N) is 1. The molecule has 1 aliphatic rings. The van der Waals surface area contributed by atoms with E-state index < -0.39 is 41.1 Å². The van der Waals surface area contributed by atoms with Crippen molar-refractivity contribution in [3.63, 3.8) is 0 Å². The number of benzene rings is 3. The number of ketones is 1. The maximum atomic E-state index is 12.8. The molecule has 53 heavy (non-hydrogen) atoms.